The van der Waals surface area contributed by atoms with E-state index in [1.54, 1.807) is 6.20 Å². The number of aromatic amines is 1. The second kappa shape index (κ2) is 11.3. The van der Waals surface area contributed by atoms with E-state index >= 15 is 0 Å². The zero-order valence-electron chi connectivity index (χ0n) is 21.9. The van der Waals surface area contributed by atoms with Crippen molar-refractivity contribution in [3.63, 3.8) is 0 Å². The molecule has 0 amide bonds. The molecule has 0 saturated heterocycles. The van der Waals surface area contributed by atoms with Crippen LogP contribution in [-0.4, -0.2) is 27.7 Å². The van der Waals surface area contributed by atoms with Gasteiger partial charge in [0.25, 0.3) is 0 Å². The zero-order chi connectivity index (χ0) is 27.3. The number of para-hydroxylation sites is 1. The van der Waals surface area contributed by atoms with Crippen molar-refractivity contribution in [2.75, 3.05) is 6.61 Å². The van der Waals surface area contributed by atoms with E-state index in [1.807, 2.05) is 79.0 Å². The fraction of sp³-hybridized carbons (Fsp3) is 0.0857. The van der Waals surface area contributed by atoms with Crippen LogP contribution in [0.15, 0.2) is 109 Å². The van der Waals surface area contributed by atoms with Crippen molar-refractivity contribution in [1.82, 2.24) is 9.97 Å². The highest BCUT2D eigenvalue weighted by Crippen LogP contribution is 2.30. The monoisotopic (exact) mass is 524 g/mol. The van der Waals surface area contributed by atoms with Gasteiger partial charge in [0.15, 0.2) is 0 Å². The van der Waals surface area contributed by atoms with Crippen molar-refractivity contribution in [3.8, 4) is 16.9 Å². The Morgan fingerprint density at radius 1 is 0.825 bits per heavy atom. The molecule has 0 atom stereocenters. The summed E-state index contributed by atoms with van der Waals surface area (Å²) in [4.78, 5) is 19.7. The number of pyridine rings is 1. The van der Waals surface area contributed by atoms with Gasteiger partial charge in [-0.2, -0.15) is 0 Å². The van der Waals surface area contributed by atoms with Gasteiger partial charge in [0, 0.05) is 28.7 Å². The summed E-state index contributed by atoms with van der Waals surface area (Å²) in [5, 5.41) is 13.1. The first-order chi connectivity index (χ1) is 19.7. The van der Waals surface area contributed by atoms with Gasteiger partial charge in [-0.25, -0.2) is 4.79 Å². The number of fused-ring (bicyclic) bond motifs is 2. The van der Waals surface area contributed by atoms with Gasteiger partial charge in [-0.15, -0.1) is 0 Å². The number of nitrogens with zero attached hydrogens (tertiary/aromatic N) is 1. The predicted octanol–water partition coefficient (Wildman–Crippen LogP) is 8.26. The van der Waals surface area contributed by atoms with Gasteiger partial charge < -0.3 is 14.8 Å². The smallest absolute Gasteiger partial charge is 0.352 e. The summed E-state index contributed by atoms with van der Waals surface area (Å²) in [6.45, 7) is 0.491. The Morgan fingerprint density at radius 3 is 2.45 bits per heavy atom. The molecular formula is C35H28N2O3. The number of nitrogens with one attached hydrogen (secondary N) is 1. The highest BCUT2D eigenvalue weighted by atomic mass is 16.5. The SMILES string of the molecule is O=C(O)c1[nH]c2c(C=Cc3ccccc3-c3cccnc3)cccc2c1CCCOc1cccc2ccccc12. The topological polar surface area (TPSA) is 75.2 Å². The Kier molecular flexibility index (Phi) is 7.10. The molecule has 0 saturated carbocycles. The predicted molar refractivity (Wildman–Crippen MR) is 162 cm³/mol. The highest BCUT2D eigenvalue weighted by molar-refractivity contribution is 6.01. The summed E-state index contributed by atoms with van der Waals surface area (Å²) in [7, 11) is 0. The van der Waals surface area contributed by atoms with Gasteiger partial charge >= 0.3 is 5.97 Å². The molecule has 2 N–H and O–H groups in total. The third-order valence-corrected chi connectivity index (χ3v) is 7.14. The molecule has 2 heterocycles. The molecule has 0 aliphatic rings. The van der Waals surface area contributed by atoms with Crippen LogP contribution < -0.4 is 4.74 Å². The van der Waals surface area contributed by atoms with E-state index < -0.39 is 5.97 Å². The molecule has 6 rings (SSSR count). The molecule has 0 aliphatic heterocycles. The number of carboxylic acid groups (broad SMARTS) is 1. The van der Waals surface area contributed by atoms with Crippen LogP contribution in [0.2, 0.25) is 0 Å². The van der Waals surface area contributed by atoms with Crippen molar-refractivity contribution < 1.29 is 14.6 Å². The van der Waals surface area contributed by atoms with Gasteiger partial charge in [-0.3, -0.25) is 4.98 Å². The Bertz CT molecular complexity index is 1830. The number of carbonyl (C=O) groups is 1. The largest absolute Gasteiger partial charge is 0.493 e. The molecule has 0 radical (unpaired) electrons. The molecule has 0 aliphatic carbocycles. The number of benzene rings is 4. The van der Waals surface area contributed by atoms with Crippen LogP contribution in [0.25, 0.3) is 45.0 Å². The van der Waals surface area contributed by atoms with Crippen LogP contribution in [0.5, 0.6) is 5.75 Å². The van der Waals surface area contributed by atoms with E-state index in [1.165, 1.54) is 0 Å². The molecule has 196 valence electrons. The minimum atomic E-state index is -0.960. The van der Waals surface area contributed by atoms with Crippen LogP contribution in [-0.2, 0) is 6.42 Å². The summed E-state index contributed by atoms with van der Waals surface area (Å²) in [6.07, 6.45) is 9.00. The molecular weight excluding hydrogens is 496 g/mol. The molecule has 4 aromatic carbocycles. The lowest BCUT2D eigenvalue weighted by Gasteiger charge is -2.09. The number of hydrogen-bond acceptors (Lipinski definition) is 3. The van der Waals surface area contributed by atoms with Crippen LogP contribution >= 0.6 is 0 Å². The highest BCUT2D eigenvalue weighted by Gasteiger charge is 2.18. The Balaban J connectivity index is 1.25. The average Bonchev–Trinajstić information content (AvgIpc) is 3.38. The number of aryl methyl sites for hydroxylation is 1. The van der Waals surface area contributed by atoms with E-state index in [4.69, 9.17) is 4.74 Å². The third kappa shape index (κ3) is 5.09. The molecule has 0 bridgehead atoms. The van der Waals surface area contributed by atoms with Crippen LogP contribution in [0.4, 0.5) is 0 Å². The molecule has 5 heteroatoms. The molecule has 40 heavy (non-hydrogen) atoms. The zero-order valence-corrected chi connectivity index (χ0v) is 21.9. The molecule has 0 fully saturated rings. The fourth-order valence-electron chi connectivity index (χ4n) is 5.24. The van der Waals surface area contributed by atoms with Crippen LogP contribution in [0.3, 0.4) is 0 Å². The minimum absolute atomic E-state index is 0.233. The first kappa shape index (κ1) is 25.1. The van der Waals surface area contributed by atoms with Crippen LogP contribution in [0.1, 0.15) is 33.6 Å². The maximum atomic E-state index is 12.2. The lowest BCUT2D eigenvalue weighted by atomic mass is 9.99. The fourth-order valence-corrected chi connectivity index (χ4v) is 5.24. The number of rotatable bonds is 9. The Morgan fingerprint density at radius 2 is 1.57 bits per heavy atom. The number of hydrogen-bond donors (Lipinski definition) is 2. The average molecular weight is 525 g/mol. The number of ether oxygens (including phenoxy) is 1. The summed E-state index contributed by atoms with van der Waals surface area (Å²) in [5.41, 5.74) is 5.97. The minimum Gasteiger partial charge on any atom is -0.493 e. The quantitative estimate of drug-likeness (QED) is 0.147. The number of carboxylic acids is 1. The van der Waals surface area contributed by atoms with E-state index in [2.05, 4.69) is 46.4 Å². The van der Waals surface area contributed by atoms with Crippen molar-refractivity contribution >= 4 is 39.8 Å². The maximum absolute atomic E-state index is 12.2. The Labute approximate surface area is 232 Å². The van der Waals surface area contributed by atoms with Crippen molar-refractivity contribution in [3.05, 3.63) is 132 Å². The normalized spacial score (nSPS) is 11.4. The lowest BCUT2D eigenvalue weighted by Crippen LogP contribution is -2.04. The number of aromatic nitrogens is 2. The van der Waals surface area contributed by atoms with Gasteiger partial charge in [0.2, 0.25) is 0 Å². The first-order valence-electron chi connectivity index (χ1n) is 13.3. The van der Waals surface area contributed by atoms with Gasteiger partial charge in [0.05, 0.1) is 12.1 Å². The molecule has 6 aromatic rings. The lowest BCUT2D eigenvalue weighted by molar-refractivity contribution is 0.0690. The van der Waals surface area contributed by atoms with E-state index in [0.717, 1.165) is 55.2 Å². The van der Waals surface area contributed by atoms with Crippen molar-refractivity contribution in [2.24, 2.45) is 0 Å². The van der Waals surface area contributed by atoms with E-state index in [-0.39, 0.29) is 5.69 Å². The van der Waals surface area contributed by atoms with E-state index in [0.29, 0.717) is 19.4 Å². The molecule has 0 spiro atoms. The number of H-pyrrole nitrogens is 1. The van der Waals surface area contributed by atoms with Crippen molar-refractivity contribution in [1.29, 1.82) is 0 Å². The summed E-state index contributed by atoms with van der Waals surface area (Å²) < 4.78 is 6.12. The summed E-state index contributed by atoms with van der Waals surface area (Å²) in [5.74, 6) is -0.118. The standard InChI is InChI=1S/C35H28N2O3/c38-35(39)34-31(17-8-22-40-32-18-6-11-24-9-2-4-15-29(24)32)30-16-5-12-26(33(30)37-34)20-19-25-10-1-3-14-28(25)27-13-7-21-36-23-27/h1-7,9-16,18-21,23,37H,8,17,22H2,(H,38,39). The van der Waals surface area contributed by atoms with Gasteiger partial charge in [-0.05, 0) is 52.6 Å². The van der Waals surface area contributed by atoms with E-state index in [9.17, 15) is 9.90 Å². The summed E-state index contributed by atoms with van der Waals surface area (Å²) >= 11 is 0. The molecule has 0 unspecified atom stereocenters. The van der Waals surface area contributed by atoms with Gasteiger partial charge in [0.1, 0.15) is 11.4 Å². The Hall–Kier alpha value is -5.16. The maximum Gasteiger partial charge on any atom is 0.352 e. The third-order valence-electron chi connectivity index (χ3n) is 7.14. The second-order valence-corrected chi connectivity index (χ2v) is 9.65. The number of aromatic carboxylic acids is 1. The first-order valence-corrected chi connectivity index (χ1v) is 13.3. The molecule has 5 nitrogen and oxygen atoms in total. The summed E-state index contributed by atoms with van der Waals surface area (Å²) in [6, 6.07) is 32.3. The van der Waals surface area contributed by atoms with Crippen LogP contribution in [0, 0.1) is 0 Å². The molecule has 2 aromatic heterocycles. The van der Waals surface area contributed by atoms with Crippen molar-refractivity contribution in [2.45, 2.75) is 12.8 Å². The second-order valence-electron chi connectivity index (χ2n) is 9.65. The van der Waals surface area contributed by atoms with Gasteiger partial charge in [-0.1, -0.05) is 97.1 Å².